The average molecular weight is 208 g/mol. The summed E-state index contributed by atoms with van der Waals surface area (Å²) >= 11 is 0. The van der Waals surface area contributed by atoms with Crippen LogP contribution in [0, 0.1) is 0 Å². The predicted molar refractivity (Wildman–Crippen MR) is 58.2 cm³/mol. The number of rotatable bonds is 3. The first-order chi connectivity index (χ1) is 7.31. The van der Waals surface area contributed by atoms with Gasteiger partial charge in [-0.3, -0.25) is 0 Å². The zero-order valence-electron chi connectivity index (χ0n) is 9.06. The number of hydrogen-bond donors (Lipinski definition) is 1. The third-order valence-corrected chi connectivity index (χ3v) is 2.68. The fourth-order valence-corrected chi connectivity index (χ4v) is 1.78. The van der Waals surface area contributed by atoms with Gasteiger partial charge in [0.1, 0.15) is 0 Å². The maximum absolute atomic E-state index is 5.49. The minimum absolute atomic E-state index is 0.245. The summed E-state index contributed by atoms with van der Waals surface area (Å²) in [6.07, 6.45) is 2.99. The molecule has 2 atom stereocenters. The molecule has 0 radical (unpaired) electrons. The van der Waals surface area contributed by atoms with Crippen molar-refractivity contribution in [1.29, 1.82) is 0 Å². The van der Waals surface area contributed by atoms with Crippen LogP contribution in [0.1, 0.15) is 13.3 Å². The van der Waals surface area contributed by atoms with Gasteiger partial charge in [0.15, 0.2) is 0 Å². The molecule has 1 aromatic heterocycles. The zero-order valence-corrected chi connectivity index (χ0v) is 9.06. The number of nitrogens with zero attached hydrogens (tertiary/aromatic N) is 1. The summed E-state index contributed by atoms with van der Waals surface area (Å²) in [5, 5.41) is 3.40. The molecule has 2 heterocycles. The molecule has 1 saturated heterocycles. The Labute approximate surface area is 89.6 Å². The second-order valence-electron chi connectivity index (χ2n) is 3.68. The molecule has 1 N–H and O–H groups in total. The molecule has 0 saturated carbocycles. The van der Waals surface area contributed by atoms with E-state index in [1.807, 2.05) is 12.1 Å². The fourth-order valence-electron chi connectivity index (χ4n) is 1.78. The van der Waals surface area contributed by atoms with Gasteiger partial charge in [-0.15, -0.1) is 0 Å². The number of methoxy groups -OCH3 is 1. The molecule has 0 aliphatic carbocycles. The molecule has 15 heavy (non-hydrogen) atoms. The Morgan fingerprint density at radius 2 is 2.47 bits per heavy atom. The van der Waals surface area contributed by atoms with Gasteiger partial charge in [0.2, 0.25) is 5.88 Å². The molecule has 1 aliphatic rings. The normalized spacial score (nSPS) is 25.2. The SMILES string of the molecule is COc1ncccc1N[C@H]1CCO[C@@H]1C. The van der Waals surface area contributed by atoms with Gasteiger partial charge >= 0.3 is 0 Å². The van der Waals surface area contributed by atoms with Gasteiger partial charge < -0.3 is 14.8 Å². The third-order valence-electron chi connectivity index (χ3n) is 2.68. The highest BCUT2D eigenvalue weighted by molar-refractivity contribution is 5.52. The van der Waals surface area contributed by atoms with Crippen molar-refractivity contribution >= 4 is 5.69 Å². The highest BCUT2D eigenvalue weighted by Gasteiger charge is 2.24. The molecule has 0 unspecified atom stereocenters. The quantitative estimate of drug-likeness (QED) is 0.820. The van der Waals surface area contributed by atoms with E-state index in [0.29, 0.717) is 11.9 Å². The van der Waals surface area contributed by atoms with Crippen molar-refractivity contribution in [1.82, 2.24) is 4.98 Å². The van der Waals surface area contributed by atoms with Gasteiger partial charge in [0.05, 0.1) is 24.9 Å². The summed E-state index contributed by atoms with van der Waals surface area (Å²) in [6, 6.07) is 4.21. The second kappa shape index (κ2) is 4.49. The van der Waals surface area contributed by atoms with Gasteiger partial charge in [0, 0.05) is 12.8 Å². The van der Waals surface area contributed by atoms with Crippen molar-refractivity contribution < 1.29 is 9.47 Å². The molecule has 82 valence electrons. The number of nitrogens with one attached hydrogen (secondary N) is 1. The van der Waals surface area contributed by atoms with E-state index in [2.05, 4.69) is 17.2 Å². The lowest BCUT2D eigenvalue weighted by Crippen LogP contribution is -2.26. The number of aromatic nitrogens is 1. The van der Waals surface area contributed by atoms with Crippen LogP contribution in [0.3, 0.4) is 0 Å². The Hall–Kier alpha value is -1.29. The van der Waals surface area contributed by atoms with Gasteiger partial charge in [-0.25, -0.2) is 4.98 Å². The first kappa shape index (κ1) is 10.2. The Morgan fingerprint density at radius 1 is 1.60 bits per heavy atom. The van der Waals surface area contributed by atoms with Gasteiger partial charge in [-0.05, 0) is 25.5 Å². The van der Waals surface area contributed by atoms with E-state index in [9.17, 15) is 0 Å². The molecule has 2 rings (SSSR count). The van der Waals surface area contributed by atoms with E-state index in [1.54, 1.807) is 13.3 Å². The summed E-state index contributed by atoms with van der Waals surface area (Å²) in [6.45, 7) is 2.90. The molecular weight excluding hydrogens is 192 g/mol. The van der Waals surface area contributed by atoms with E-state index < -0.39 is 0 Å². The summed E-state index contributed by atoms with van der Waals surface area (Å²) < 4.78 is 10.7. The Balaban J connectivity index is 2.09. The van der Waals surface area contributed by atoms with E-state index >= 15 is 0 Å². The van der Waals surface area contributed by atoms with Crippen molar-refractivity contribution in [3.8, 4) is 5.88 Å². The molecule has 4 heteroatoms. The second-order valence-corrected chi connectivity index (χ2v) is 3.68. The molecule has 0 aromatic carbocycles. The van der Waals surface area contributed by atoms with E-state index in [0.717, 1.165) is 18.7 Å². The van der Waals surface area contributed by atoms with Crippen molar-refractivity contribution in [3.63, 3.8) is 0 Å². The molecule has 0 amide bonds. The van der Waals surface area contributed by atoms with Crippen LogP contribution in [0.4, 0.5) is 5.69 Å². The largest absolute Gasteiger partial charge is 0.480 e. The van der Waals surface area contributed by atoms with Crippen LogP contribution in [0.5, 0.6) is 5.88 Å². The van der Waals surface area contributed by atoms with E-state index in [-0.39, 0.29) is 6.10 Å². The van der Waals surface area contributed by atoms with Gasteiger partial charge in [0.25, 0.3) is 0 Å². The van der Waals surface area contributed by atoms with Gasteiger partial charge in [-0.2, -0.15) is 0 Å². The van der Waals surface area contributed by atoms with E-state index in [4.69, 9.17) is 9.47 Å². The number of hydrogen-bond acceptors (Lipinski definition) is 4. The molecule has 0 bridgehead atoms. The van der Waals surface area contributed by atoms with Crippen molar-refractivity contribution in [2.45, 2.75) is 25.5 Å². The lowest BCUT2D eigenvalue weighted by molar-refractivity contribution is 0.121. The van der Waals surface area contributed by atoms with Crippen LogP contribution in [0.25, 0.3) is 0 Å². The molecule has 4 nitrogen and oxygen atoms in total. The molecule has 1 fully saturated rings. The van der Waals surface area contributed by atoms with Crippen molar-refractivity contribution in [3.05, 3.63) is 18.3 Å². The lowest BCUT2D eigenvalue weighted by Gasteiger charge is -2.18. The maximum atomic E-state index is 5.49. The maximum Gasteiger partial charge on any atom is 0.237 e. The van der Waals surface area contributed by atoms with Crippen LogP contribution < -0.4 is 10.1 Å². The lowest BCUT2D eigenvalue weighted by atomic mass is 10.1. The van der Waals surface area contributed by atoms with Crippen molar-refractivity contribution in [2.75, 3.05) is 19.0 Å². The smallest absolute Gasteiger partial charge is 0.237 e. The highest BCUT2D eigenvalue weighted by atomic mass is 16.5. The van der Waals surface area contributed by atoms with Crippen LogP contribution in [-0.2, 0) is 4.74 Å². The predicted octanol–water partition coefficient (Wildman–Crippen LogP) is 1.68. The molecule has 1 aromatic rings. The molecule has 1 aliphatic heterocycles. The fraction of sp³-hybridized carbons (Fsp3) is 0.545. The third kappa shape index (κ3) is 2.21. The number of pyridine rings is 1. The first-order valence-electron chi connectivity index (χ1n) is 5.18. The van der Waals surface area contributed by atoms with Crippen LogP contribution in [-0.4, -0.2) is 30.8 Å². The Morgan fingerprint density at radius 3 is 3.13 bits per heavy atom. The number of anilines is 1. The summed E-state index contributed by atoms with van der Waals surface area (Å²) in [5.41, 5.74) is 0.933. The summed E-state index contributed by atoms with van der Waals surface area (Å²) in [5.74, 6) is 0.636. The van der Waals surface area contributed by atoms with Gasteiger partial charge in [-0.1, -0.05) is 0 Å². The van der Waals surface area contributed by atoms with Crippen LogP contribution >= 0.6 is 0 Å². The minimum atomic E-state index is 0.245. The summed E-state index contributed by atoms with van der Waals surface area (Å²) in [4.78, 5) is 4.14. The zero-order chi connectivity index (χ0) is 10.7. The topological polar surface area (TPSA) is 43.4 Å². The Kier molecular flexibility index (Phi) is 3.06. The monoisotopic (exact) mass is 208 g/mol. The summed E-state index contributed by atoms with van der Waals surface area (Å²) in [7, 11) is 1.63. The molecular formula is C11H16N2O2. The minimum Gasteiger partial charge on any atom is -0.480 e. The highest BCUT2D eigenvalue weighted by Crippen LogP contribution is 2.24. The molecule has 0 spiro atoms. The van der Waals surface area contributed by atoms with Crippen LogP contribution in [0.2, 0.25) is 0 Å². The van der Waals surface area contributed by atoms with Crippen LogP contribution in [0.15, 0.2) is 18.3 Å². The van der Waals surface area contributed by atoms with Crippen molar-refractivity contribution in [2.24, 2.45) is 0 Å². The standard InChI is InChI=1S/C11H16N2O2/c1-8-9(5-7-15-8)13-10-4-3-6-12-11(10)14-2/h3-4,6,8-9,13H,5,7H2,1-2H3/t8-,9+/m1/s1. The van der Waals surface area contributed by atoms with E-state index in [1.165, 1.54) is 0 Å². The average Bonchev–Trinajstić information content (AvgIpc) is 2.65. The first-order valence-corrected chi connectivity index (χ1v) is 5.18. The number of ether oxygens (including phenoxy) is 2. The Bertz CT molecular complexity index is 330.